The lowest BCUT2D eigenvalue weighted by Gasteiger charge is -2.15. The van der Waals surface area contributed by atoms with Gasteiger partial charge in [-0.3, -0.25) is 0 Å². The number of benzene rings is 1. The van der Waals surface area contributed by atoms with E-state index in [2.05, 4.69) is 13.8 Å². The average Bonchev–Trinajstić information content (AvgIpc) is 2.49. The number of hydrogen-bond acceptors (Lipinski definition) is 3. The van der Waals surface area contributed by atoms with Gasteiger partial charge in [0.05, 0.1) is 21.7 Å². The normalized spacial score (nSPS) is 12.0. The van der Waals surface area contributed by atoms with Crippen LogP contribution in [0, 0.1) is 5.92 Å². The molecule has 1 atom stereocenters. The van der Waals surface area contributed by atoms with Crippen LogP contribution in [0.4, 0.5) is 0 Å². The molecule has 1 rings (SSSR count). The summed E-state index contributed by atoms with van der Waals surface area (Å²) in [4.78, 5) is 11.7. The van der Waals surface area contributed by atoms with Crippen LogP contribution in [0.15, 0.2) is 12.1 Å². The summed E-state index contributed by atoms with van der Waals surface area (Å²) >= 11 is 17.7. The van der Waals surface area contributed by atoms with Crippen molar-refractivity contribution in [1.82, 2.24) is 0 Å². The Morgan fingerprint density at radius 2 is 1.82 bits per heavy atom. The van der Waals surface area contributed by atoms with Gasteiger partial charge in [0.15, 0.2) is 6.61 Å². The van der Waals surface area contributed by atoms with Crippen LogP contribution in [0.1, 0.15) is 39.5 Å². The van der Waals surface area contributed by atoms with Gasteiger partial charge in [0.25, 0.3) is 0 Å². The third-order valence-electron chi connectivity index (χ3n) is 3.34. The van der Waals surface area contributed by atoms with Gasteiger partial charge in [-0.15, -0.1) is 0 Å². The monoisotopic (exact) mass is 366 g/mol. The Morgan fingerprint density at radius 3 is 2.45 bits per heavy atom. The number of carbonyl (C=O) groups excluding carboxylic acids is 1. The van der Waals surface area contributed by atoms with Crippen molar-refractivity contribution in [2.24, 2.45) is 5.92 Å². The van der Waals surface area contributed by atoms with Gasteiger partial charge in [0.2, 0.25) is 0 Å². The van der Waals surface area contributed by atoms with Gasteiger partial charge in [-0.1, -0.05) is 67.9 Å². The maximum Gasteiger partial charge on any atom is 0.344 e. The molecule has 0 saturated carbocycles. The molecule has 3 nitrogen and oxygen atoms in total. The van der Waals surface area contributed by atoms with E-state index in [1.807, 2.05) is 0 Å². The molecule has 0 radical (unpaired) electrons. The molecule has 0 unspecified atom stereocenters. The second-order valence-corrected chi connectivity index (χ2v) is 6.31. The van der Waals surface area contributed by atoms with Crippen molar-refractivity contribution in [3.8, 4) is 5.75 Å². The zero-order valence-electron chi connectivity index (χ0n) is 12.8. The third-order valence-corrected chi connectivity index (χ3v) is 4.36. The third kappa shape index (κ3) is 6.64. The fourth-order valence-electron chi connectivity index (χ4n) is 1.90. The lowest BCUT2D eigenvalue weighted by Crippen LogP contribution is -2.19. The van der Waals surface area contributed by atoms with E-state index in [4.69, 9.17) is 44.3 Å². The maximum atomic E-state index is 11.7. The molecule has 0 aliphatic carbocycles. The predicted molar refractivity (Wildman–Crippen MR) is 91.2 cm³/mol. The minimum absolute atomic E-state index is 0.206. The zero-order chi connectivity index (χ0) is 16.5. The second-order valence-electron chi connectivity index (χ2n) is 5.08. The molecule has 0 aliphatic rings. The summed E-state index contributed by atoms with van der Waals surface area (Å²) in [5.74, 6) is 0.292. The highest BCUT2D eigenvalue weighted by atomic mass is 35.5. The Kier molecular flexibility index (Phi) is 8.99. The van der Waals surface area contributed by atoms with E-state index in [9.17, 15) is 4.79 Å². The van der Waals surface area contributed by atoms with Crippen LogP contribution in [0.5, 0.6) is 5.75 Å². The van der Waals surface area contributed by atoms with Crippen molar-refractivity contribution >= 4 is 40.8 Å². The highest BCUT2D eigenvalue weighted by Gasteiger charge is 2.12. The molecule has 0 aliphatic heterocycles. The van der Waals surface area contributed by atoms with Gasteiger partial charge in [0.1, 0.15) is 5.75 Å². The highest BCUT2D eigenvalue weighted by Crippen LogP contribution is 2.33. The van der Waals surface area contributed by atoms with Gasteiger partial charge < -0.3 is 9.47 Å². The fourth-order valence-corrected chi connectivity index (χ4v) is 2.49. The summed E-state index contributed by atoms with van der Waals surface area (Å²) in [6, 6.07) is 2.96. The fraction of sp³-hybridized carbons (Fsp3) is 0.562. The van der Waals surface area contributed by atoms with Crippen molar-refractivity contribution < 1.29 is 14.3 Å². The predicted octanol–water partition coefficient (Wildman–Crippen LogP) is 5.79. The summed E-state index contributed by atoms with van der Waals surface area (Å²) in [6.45, 7) is 4.46. The first-order valence-corrected chi connectivity index (χ1v) is 8.54. The van der Waals surface area contributed by atoms with E-state index in [0.29, 0.717) is 33.3 Å². The van der Waals surface area contributed by atoms with Gasteiger partial charge in [-0.05, 0) is 18.4 Å². The molecule has 1 aromatic carbocycles. The largest absolute Gasteiger partial charge is 0.480 e. The number of carbonyl (C=O) groups is 1. The first-order valence-electron chi connectivity index (χ1n) is 7.40. The molecule has 0 heterocycles. The van der Waals surface area contributed by atoms with Crippen molar-refractivity contribution in [2.45, 2.75) is 39.5 Å². The second kappa shape index (κ2) is 10.2. The first-order chi connectivity index (χ1) is 10.5. The number of esters is 1. The minimum atomic E-state index is -0.419. The smallest absolute Gasteiger partial charge is 0.344 e. The van der Waals surface area contributed by atoms with Gasteiger partial charge in [0, 0.05) is 6.07 Å². The van der Waals surface area contributed by atoms with Crippen LogP contribution in [-0.4, -0.2) is 19.2 Å². The molecule has 0 fully saturated rings. The lowest BCUT2D eigenvalue weighted by molar-refractivity contribution is -0.147. The number of rotatable bonds is 9. The van der Waals surface area contributed by atoms with Crippen molar-refractivity contribution in [2.75, 3.05) is 13.2 Å². The Hall–Kier alpha value is -0.640. The minimum Gasteiger partial charge on any atom is -0.480 e. The molecule has 22 heavy (non-hydrogen) atoms. The van der Waals surface area contributed by atoms with E-state index in [-0.39, 0.29) is 6.61 Å². The summed E-state index contributed by atoms with van der Waals surface area (Å²) in [5.41, 5.74) is 0. The van der Waals surface area contributed by atoms with Crippen LogP contribution in [0.25, 0.3) is 0 Å². The highest BCUT2D eigenvalue weighted by molar-refractivity contribution is 6.43. The molecular weight excluding hydrogens is 347 g/mol. The van der Waals surface area contributed by atoms with Crippen molar-refractivity contribution in [3.63, 3.8) is 0 Å². The number of unbranched alkanes of at least 4 members (excludes halogenated alkanes) is 1. The Morgan fingerprint density at radius 1 is 1.14 bits per heavy atom. The Bertz CT molecular complexity index is 492. The van der Waals surface area contributed by atoms with Gasteiger partial charge >= 0.3 is 5.97 Å². The Labute approximate surface area is 146 Å². The van der Waals surface area contributed by atoms with Gasteiger partial charge in [-0.25, -0.2) is 4.79 Å². The standard InChI is InChI=1S/C16H21Cl3O3/c1-3-5-6-11(4-2)9-22-16(20)10-21-15-8-13(18)12(17)7-14(15)19/h7-8,11H,3-6,9-10H2,1-2H3/t11-/m0/s1. The van der Waals surface area contributed by atoms with Crippen LogP contribution < -0.4 is 4.74 Å². The number of ether oxygens (including phenoxy) is 2. The summed E-state index contributed by atoms with van der Waals surface area (Å²) in [5, 5.41) is 0.958. The molecule has 6 heteroatoms. The van der Waals surface area contributed by atoms with Crippen LogP contribution in [-0.2, 0) is 9.53 Å². The number of hydrogen-bond donors (Lipinski definition) is 0. The number of halogens is 3. The van der Waals surface area contributed by atoms with Crippen molar-refractivity contribution in [1.29, 1.82) is 0 Å². The first kappa shape index (κ1) is 19.4. The summed E-state index contributed by atoms with van der Waals surface area (Å²) < 4.78 is 10.6. The molecule has 0 aromatic heterocycles. The topological polar surface area (TPSA) is 35.5 Å². The zero-order valence-corrected chi connectivity index (χ0v) is 15.1. The molecule has 0 N–H and O–H groups in total. The molecule has 0 spiro atoms. The van der Waals surface area contributed by atoms with E-state index >= 15 is 0 Å². The average molecular weight is 368 g/mol. The summed E-state index contributed by atoms with van der Waals surface area (Å²) in [6.07, 6.45) is 4.35. The SMILES string of the molecule is CCCC[C@H](CC)COC(=O)COc1cc(Cl)c(Cl)cc1Cl. The summed E-state index contributed by atoms with van der Waals surface area (Å²) in [7, 11) is 0. The van der Waals surface area contributed by atoms with Crippen LogP contribution >= 0.6 is 34.8 Å². The maximum absolute atomic E-state index is 11.7. The van der Waals surface area contributed by atoms with E-state index < -0.39 is 5.97 Å². The molecule has 1 aromatic rings. The molecule has 0 bridgehead atoms. The van der Waals surface area contributed by atoms with Crippen LogP contribution in [0.3, 0.4) is 0 Å². The van der Waals surface area contributed by atoms with Gasteiger partial charge in [-0.2, -0.15) is 0 Å². The molecule has 0 saturated heterocycles. The van der Waals surface area contributed by atoms with Crippen LogP contribution in [0.2, 0.25) is 15.1 Å². The lowest BCUT2D eigenvalue weighted by atomic mass is 10.0. The van der Waals surface area contributed by atoms with E-state index in [0.717, 1.165) is 25.7 Å². The molecular formula is C16H21Cl3O3. The van der Waals surface area contributed by atoms with E-state index in [1.54, 1.807) is 0 Å². The molecule has 0 amide bonds. The quantitative estimate of drug-likeness (QED) is 0.409. The Balaban J connectivity index is 2.41. The van der Waals surface area contributed by atoms with E-state index in [1.165, 1.54) is 12.1 Å². The van der Waals surface area contributed by atoms with Crippen molar-refractivity contribution in [3.05, 3.63) is 27.2 Å². The molecule has 124 valence electrons.